The van der Waals surface area contributed by atoms with E-state index in [1.54, 1.807) is 18.2 Å². The molecule has 0 atom stereocenters. The molecule has 0 aliphatic heterocycles. The van der Waals surface area contributed by atoms with Crippen LogP contribution in [0.5, 0.6) is 5.75 Å². The average Bonchev–Trinajstić information content (AvgIpc) is 2.04. The van der Waals surface area contributed by atoms with Crippen molar-refractivity contribution in [2.75, 3.05) is 0 Å². The Kier molecular flexibility index (Phi) is 6.67. The van der Waals surface area contributed by atoms with Gasteiger partial charge in [0, 0.05) is 0 Å². The fourth-order valence-electron chi connectivity index (χ4n) is 0.697. The Labute approximate surface area is 127 Å². The summed E-state index contributed by atoms with van der Waals surface area (Å²) in [6.45, 7) is 3.11. The van der Waals surface area contributed by atoms with Crippen molar-refractivity contribution in [3.8, 4) is 5.75 Å². The fourth-order valence-corrected chi connectivity index (χ4v) is 1.25. The van der Waals surface area contributed by atoms with E-state index in [1.807, 2.05) is 0 Å². The van der Waals surface area contributed by atoms with Crippen LogP contribution in [0.1, 0.15) is 1.43 Å². The molecule has 0 saturated heterocycles. The quantitative estimate of drug-likeness (QED) is 0.479. The Morgan fingerprint density at radius 3 is 2.36 bits per heavy atom. The molecule has 0 radical (unpaired) electrons. The first kappa shape index (κ1) is 14.1. The number of hydrogen-bond acceptors (Lipinski definition) is 4. The second-order valence-corrected chi connectivity index (χ2v) is 3.24. The molecule has 0 amide bonds. The van der Waals surface area contributed by atoms with E-state index in [9.17, 15) is 8.42 Å². The predicted octanol–water partition coefficient (Wildman–Crippen LogP) is -1.41. The molecule has 1 aromatic carbocycles. The minimum atomic E-state index is -4.00. The second-order valence-electron chi connectivity index (χ2n) is 2.07. The summed E-state index contributed by atoms with van der Waals surface area (Å²) in [6, 6.07) is 8.05. The summed E-state index contributed by atoms with van der Waals surface area (Å²) in [5.74, 6) is 0.198. The standard InChI is InChI=1S/C8H8O4S.K.H/c1-2-11-13(9,10)12-8-6-4-3-5-7-8;;/h2-7H,1H2;;/q;+1;-1. The van der Waals surface area contributed by atoms with Crippen molar-refractivity contribution in [3.05, 3.63) is 43.2 Å². The van der Waals surface area contributed by atoms with Crippen LogP contribution in [0.3, 0.4) is 0 Å². The van der Waals surface area contributed by atoms with Crippen molar-refractivity contribution in [2.45, 2.75) is 0 Å². The molecule has 0 unspecified atom stereocenters. The van der Waals surface area contributed by atoms with E-state index in [1.165, 1.54) is 12.1 Å². The second kappa shape index (κ2) is 6.60. The van der Waals surface area contributed by atoms with Gasteiger partial charge in [0.2, 0.25) is 0 Å². The maximum Gasteiger partial charge on any atom is 1.00 e. The Balaban J connectivity index is 0. The van der Waals surface area contributed by atoms with Gasteiger partial charge in [-0.05, 0) is 12.1 Å². The van der Waals surface area contributed by atoms with Gasteiger partial charge in [0.15, 0.2) is 0 Å². The Morgan fingerprint density at radius 1 is 1.29 bits per heavy atom. The van der Waals surface area contributed by atoms with Gasteiger partial charge < -0.3 is 9.79 Å². The zero-order chi connectivity index (χ0) is 9.73. The molecule has 1 rings (SSSR count). The molecular weight excluding hydrogens is 231 g/mol. The molecule has 0 aliphatic carbocycles. The Bertz CT molecular complexity index is 379. The molecular formula is C8H9KO4S. The first-order chi connectivity index (χ1) is 6.14. The molecule has 1 aromatic rings. The van der Waals surface area contributed by atoms with Crippen LogP contribution in [0.4, 0.5) is 0 Å². The molecule has 0 fully saturated rings. The maximum absolute atomic E-state index is 10.9. The summed E-state index contributed by atoms with van der Waals surface area (Å²) in [7, 11) is -4.00. The first-order valence-corrected chi connectivity index (χ1v) is 4.76. The zero-order valence-electron chi connectivity index (χ0n) is 8.71. The van der Waals surface area contributed by atoms with Gasteiger partial charge in [0.1, 0.15) is 12.0 Å². The first-order valence-electron chi connectivity index (χ1n) is 3.43. The van der Waals surface area contributed by atoms with E-state index in [0.717, 1.165) is 6.26 Å². The smallest absolute Gasteiger partial charge is 1.00 e. The molecule has 6 heteroatoms. The van der Waals surface area contributed by atoms with E-state index >= 15 is 0 Å². The van der Waals surface area contributed by atoms with Crippen LogP contribution in [-0.2, 0) is 14.6 Å². The number of benzene rings is 1. The zero-order valence-corrected chi connectivity index (χ0v) is 11.7. The van der Waals surface area contributed by atoms with Crippen molar-refractivity contribution >= 4 is 10.4 Å². The van der Waals surface area contributed by atoms with Crippen molar-refractivity contribution in [2.24, 2.45) is 0 Å². The molecule has 0 aromatic heterocycles. The molecule has 0 aliphatic rings. The third kappa shape index (κ3) is 5.13. The Hall–Kier alpha value is 0.146. The van der Waals surface area contributed by atoms with E-state index in [2.05, 4.69) is 14.9 Å². The van der Waals surface area contributed by atoms with Crippen LogP contribution in [0.15, 0.2) is 43.2 Å². The molecule has 0 spiro atoms. The summed E-state index contributed by atoms with van der Waals surface area (Å²) in [5.41, 5.74) is 0. The van der Waals surface area contributed by atoms with Crippen LogP contribution < -0.4 is 55.6 Å². The van der Waals surface area contributed by atoms with Crippen LogP contribution >= 0.6 is 0 Å². The van der Waals surface area contributed by atoms with Gasteiger partial charge in [0.05, 0.1) is 0 Å². The summed E-state index contributed by atoms with van der Waals surface area (Å²) in [4.78, 5) is 0. The maximum atomic E-state index is 10.9. The van der Waals surface area contributed by atoms with Crippen LogP contribution in [-0.4, -0.2) is 8.42 Å². The monoisotopic (exact) mass is 240 g/mol. The molecule has 4 nitrogen and oxygen atoms in total. The van der Waals surface area contributed by atoms with Gasteiger partial charge in [-0.25, -0.2) is 0 Å². The third-order valence-corrected chi connectivity index (χ3v) is 1.90. The number of hydrogen-bond donors (Lipinski definition) is 0. The van der Waals surface area contributed by atoms with Crippen molar-refractivity contribution in [1.82, 2.24) is 0 Å². The van der Waals surface area contributed by atoms with Gasteiger partial charge in [-0.3, -0.25) is 0 Å². The molecule has 14 heavy (non-hydrogen) atoms. The Morgan fingerprint density at radius 2 is 1.86 bits per heavy atom. The van der Waals surface area contributed by atoms with Gasteiger partial charge in [-0.15, -0.1) is 8.42 Å². The van der Waals surface area contributed by atoms with Crippen molar-refractivity contribution < 1.29 is 69.6 Å². The number of para-hydroxylation sites is 1. The molecule has 0 saturated carbocycles. The van der Waals surface area contributed by atoms with E-state index in [-0.39, 0.29) is 58.6 Å². The topological polar surface area (TPSA) is 52.6 Å². The molecule has 0 bridgehead atoms. The summed E-state index contributed by atoms with van der Waals surface area (Å²) in [5, 5.41) is 0. The van der Waals surface area contributed by atoms with Crippen LogP contribution in [0.25, 0.3) is 0 Å². The van der Waals surface area contributed by atoms with Crippen molar-refractivity contribution in [3.63, 3.8) is 0 Å². The van der Waals surface area contributed by atoms with E-state index in [0.29, 0.717) is 0 Å². The minimum Gasteiger partial charge on any atom is -1.00 e. The molecule has 0 N–H and O–H groups in total. The van der Waals surface area contributed by atoms with Crippen LogP contribution in [0.2, 0.25) is 0 Å². The largest absolute Gasteiger partial charge is 1.00 e. The van der Waals surface area contributed by atoms with E-state index < -0.39 is 10.4 Å². The van der Waals surface area contributed by atoms with E-state index in [4.69, 9.17) is 0 Å². The van der Waals surface area contributed by atoms with Gasteiger partial charge in [0.25, 0.3) is 0 Å². The number of rotatable bonds is 4. The predicted molar refractivity (Wildman–Crippen MR) is 48.4 cm³/mol. The average molecular weight is 240 g/mol. The normalized spacial score (nSPS) is 9.71. The summed E-state index contributed by atoms with van der Waals surface area (Å²) in [6.07, 6.45) is 0.790. The summed E-state index contributed by atoms with van der Waals surface area (Å²) < 4.78 is 30.4. The van der Waals surface area contributed by atoms with Gasteiger partial charge in [-0.1, -0.05) is 24.8 Å². The van der Waals surface area contributed by atoms with Crippen LogP contribution in [0, 0.1) is 0 Å². The summed E-state index contributed by atoms with van der Waals surface area (Å²) >= 11 is 0. The SMILES string of the molecule is C=COS(=O)(=O)Oc1ccccc1.[H-].[K+]. The molecule has 72 valence electrons. The van der Waals surface area contributed by atoms with Gasteiger partial charge >= 0.3 is 61.8 Å². The fraction of sp³-hybridized carbons (Fsp3) is 0. The minimum absolute atomic E-state index is 0. The molecule has 0 heterocycles. The third-order valence-electron chi connectivity index (χ3n) is 1.13. The van der Waals surface area contributed by atoms with Gasteiger partial charge in [-0.2, -0.15) is 0 Å². The van der Waals surface area contributed by atoms with Crippen molar-refractivity contribution in [1.29, 1.82) is 0 Å².